The van der Waals surface area contributed by atoms with Gasteiger partial charge in [0, 0.05) is 13.6 Å². The summed E-state index contributed by atoms with van der Waals surface area (Å²) in [5, 5.41) is 2.90. The Morgan fingerprint density at radius 2 is 2.04 bits per heavy atom. The van der Waals surface area contributed by atoms with E-state index in [1.165, 1.54) is 6.26 Å². The minimum absolute atomic E-state index is 0.0161. The SMILES string of the molecule is CCCCN(C)C(=O)Cn1c(C(C)NC(=O)c2ccco2)nc2ccccc21. The van der Waals surface area contributed by atoms with E-state index in [2.05, 4.69) is 17.2 Å². The Balaban J connectivity index is 1.86. The minimum atomic E-state index is -0.390. The molecule has 1 unspecified atom stereocenters. The summed E-state index contributed by atoms with van der Waals surface area (Å²) in [6, 6.07) is 10.6. The molecule has 0 radical (unpaired) electrons. The van der Waals surface area contributed by atoms with Crippen LogP contribution in [-0.4, -0.2) is 39.9 Å². The van der Waals surface area contributed by atoms with Crippen LogP contribution in [0.3, 0.4) is 0 Å². The van der Waals surface area contributed by atoms with Crippen molar-refractivity contribution in [3.63, 3.8) is 0 Å². The number of imidazole rings is 1. The van der Waals surface area contributed by atoms with Gasteiger partial charge < -0.3 is 19.2 Å². The molecule has 1 N–H and O–H groups in total. The highest BCUT2D eigenvalue weighted by molar-refractivity contribution is 5.91. The molecule has 1 aromatic carbocycles. The molecular formula is C21H26N4O3. The molecule has 0 saturated heterocycles. The maximum Gasteiger partial charge on any atom is 0.287 e. The number of benzene rings is 1. The molecule has 0 spiro atoms. The van der Waals surface area contributed by atoms with Crippen molar-refractivity contribution in [2.45, 2.75) is 39.3 Å². The van der Waals surface area contributed by atoms with Crippen LogP contribution in [0.2, 0.25) is 0 Å². The zero-order valence-corrected chi connectivity index (χ0v) is 16.5. The standard InChI is InChI=1S/C21H26N4O3/c1-4-5-12-24(3)19(26)14-25-17-10-7-6-9-16(17)23-20(25)15(2)22-21(27)18-11-8-13-28-18/h6-11,13,15H,4-5,12,14H2,1-3H3,(H,22,27). The summed E-state index contributed by atoms with van der Waals surface area (Å²) in [6.45, 7) is 4.85. The highest BCUT2D eigenvalue weighted by atomic mass is 16.3. The van der Waals surface area contributed by atoms with E-state index in [1.807, 2.05) is 42.8 Å². The number of hydrogen-bond donors (Lipinski definition) is 1. The molecule has 0 aliphatic heterocycles. The zero-order valence-electron chi connectivity index (χ0n) is 16.5. The van der Waals surface area contributed by atoms with Gasteiger partial charge >= 0.3 is 0 Å². The fourth-order valence-corrected chi connectivity index (χ4v) is 3.11. The van der Waals surface area contributed by atoms with Crippen LogP contribution in [0.15, 0.2) is 47.1 Å². The predicted molar refractivity (Wildman–Crippen MR) is 107 cm³/mol. The highest BCUT2D eigenvalue weighted by Gasteiger charge is 2.22. The normalized spacial score (nSPS) is 12.1. The van der Waals surface area contributed by atoms with Gasteiger partial charge in [0.2, 0.25) is 5.91 Å². The number of carbonyl (C=O) groups excluding carboxylic acids is 2. The first kappa shape index (κ1) is 19.7. The first-order valence-corrected chi connectivity index (χ1v) is 9.54. The largest absolute Gasteiger partial charge is 0.459 e. The van der Waals surface area contributed by atoms with Gasteiger partial charge in [0.15, 0.2) is 5.76 Å². The third kappa shape index (κ3) is 4.24. The fourth-order valence-electron chi connectivity index (χ4n) is 3.11. The smallest absolute Gasteiger partial charge is 0.287 e. The molecule has 2 amide bonds. The Morgan fingerprint density at radius 3 is 2.75 bits per heavy atom. The number of amides is 2. The monoisotopic (exact) mass is 382 g/mol. The molecule has 0 aliphatic carbocycles. The predicted octanol–water partition coefficient (Wildman–Crippen LogP) is 3.38. The fraction of sp³-hybridized carbons (Fsp3) is 0.381. The van der Waals surface area contributed by atoms with Crippen molar-refractivity contribution >= 4 is 22.8 Å². The van der Waals surface area contributed by atoms with E-state index >= 15 is 0 Å². The summed E-state index contributed by atoms with van der Waals surface area (Å²) in [5.41, 5.74) is 1.66. The van der Waals surface area contributed by atoms with Crippen molar-refractivity contribution in [1.82, 2.24) is 19.8 Å². The number of likely N-dealkylation sites (N-methyl/N-ethyl adjacent to an activating group) is 1. The number of furan rings is 1. The lowest BCUT2D eigenvalue weighted by Gasteiger charge is -2.20. The third-order valence-electron chi connectivity index (χ3n) is 4.73. The Labute approximate surface area is 164 Å². The van der Waals surface area contributed by atoms with Gasteiger partial charge in [-0.25, -0.2) is 4.98 Å². The van der Waals surface area contributed by atoms with Crippen molar-refractivity contribution < 1.29 is 14.0 Å². The van der Waals surface area contributed by atoms with Gasteiger partial charge in [-0.05, 0) is 37.6 Å². The second kappa shape index (κ2) is 8.73. The molecule has 7 heteroatoms. The van der Waals surface area contributed by atoms with Crippen molar-refractivity contribution in [1.29, 1.82) is 0 Å². The van der Waals surface area contributed by atoms with Crippen LogP contribution < -0.4 is 5.32 Å². The molecule has 0 saturated carbocycles. The van der Waals surface area contributed by atoms with Gasteiger partial charge in [0.1, 0.15) is 12.4 Å². The highest BCUT2D eigenvalue weighted by Crippen LogP contribution is 2.21. The summed E-state index contributed by atoms with van der Waals surface area (Å²) in [7, 11) is 1.82. The van der Waals surface area contributed by atoms with Crippen LogP contribution >= 0.6 is 0 Å². The molecular weight excluding hydrogens is 356 g/mol. The van der Waals surface area contributed by atoms with Crippen molar-refractivity contribution in [3.05, 3.63) is 54.2 Å². The molecule has 1 atom stereocenters. The van der Waals surface area contributed by atoms with Crippen molar-refractivity contribution in [3.8, 4) is 0 Å². The molecule has 7 nitrogen and oxygen atoms in total. The lowest BCUT2D eigenvalue weighted by Crippen LogP contribution is -2.33. The maximum atomic E-state index is 12.7. The number of unbranched alkanes of at least 4 members (excludes halogenated alkanes) is 1. The molecule has 2 heterocycles. The van der Waals surface area contributed by atoms with Crippen LogP contribution in [0.25, 0.3) is 11.0 Å². The molecule has 0 bridgehead atoms. The Morgan fingerprint density at radius 1 is 1.25 bits per heavy atom. The molecule has 3 aromatic rings. The summed E-state index contributed by atoms with van der Waals surface area (Å²) < 4.78 is 7.04. The quantitative estimate of drug-likeness (QED) is 0.648. The number of nitrogens with zero attached hydrogens (tertiary/aromatic N) is 3. The van der Waals surface area contributed by atoms with E-state index in [0.29, 0.717) is 5.82 Å². The second-order valence-electron chi connectivity index (χ2n) is 6.89. The molecule has 2 aromatic heterocycles. The van der Waals surface area contributed by atoms with Crippen LogP contribution in [0, 0.1) is 0 Å². The number of aromatic nitrogens is 2. The molecule has 0 fully saturated rings. The average molecular weight is 382 g/mol. The number of rotatable bonds is 8. The molecule has 3 rings (SSSR count). The number of hydrogen-bond acceptors (Lipinski definition) is 4. The summed E-state index contributed by atoms with van der Waals surface area (Å²) in [5.74, 6) is 0.577. The second-order valence-corrected chi connectivity index (χ2v) is 6.89. The lowest BCUT2D eigenvalue weighted by atomic mass is 10.2. The van der Waals surface area contributed by atoms with E-state index in [1.54, 1.807) is 17.0 Å². The number of fused-ring (bicyclic) bond motifs is 1. The van der Waals surface area contributed by atoms with E-state index in [9.17, 15) is 9.59 Å². The Bertz CT molecular complexity index is 946. The maximum absolute atomic E-state index is 12.7. The van der Waals surface area contributed by atoms with Crippen LogP contribution in [0.1, 0.15) is 49.1 Å². The molecule has 148 valence electrons. The average Bonchev–Trinajstić information content (AvgIpc) is 3.34. The number of para-hydroxylation sites is 2. The number of carbonyl (C=O) groups is 2. The van der Waals surface area contributed by atoms with Gasteiger partial charge in [0.05, 0.1) is 23.3 Å². The molecule has 28 heavy (non-hydrogen) atoms. The van der Waals surface area contributed by atoms with Crippen molar-refractivity contribution in [2.24, 2.45) is 0 Å². The lowest BCUT2D eigenvalue weighted by molar-refractivity contribution is -0.130. The van der Waals surface area contributed by atoms with Gasteiger partial charge in [-0.2, -0.15) is 0 Å². The zero-order chi connectivity index (χ0) is 20.1. The summed E-state index contributed by atoms with van der Waals surface area (Å²) in [4.78, 5) is 31.5. The third-order valence-corrected chi connectivity index (χ3v) is 4.73. The van der Waals surface area contributed by atoms with Gasteiger partial charge in [-0.1, -0.05) is 25.5 Å². The van der Waals surface area contributed by atoms with E-state index in [4.69, 9.17) is 4.42 Å². The van der Waals surface area contributed by atoms with E-state index in [-0.39, 0.29) is 24.1 Å². The van der Waals surface area contributed by atoms with Crippen LogP contribution in [0.5, 0.6) is 0 Å². The van der Waals surface area contributed by atoms with Crippen molar-refractivity contribution in [2.75, 3.05) is 13.6 Å². The summed E-state index contributed by atoms with van der Waals surface area (Å²) in [6.07, 6.45) is 3.46. The Hall–Kier alpha value is -3.09. The van der Waals surface area contributed by atoms with E-state index in [0.717, 1.165) is 30.4 Å². The van der Waals surface area contributed by atoms with Gasteiger partial charge in [-0.15, -0.1) is 0 Å². The first-order valence-electron chi connectivity index (χ1n) is 9.54. The first-order chi connectivity index (χ1) is 13.5. The van der Waals surface area contributed by atoms with E-state index < -0.39 is 6.04 Å². The Kier molecular flexibility index (Phi) is 6.13. The van der Waals surface area contributed by atoms with Crippen LogP contribution in [-0.2, 0) is 11.3 Å². The summed E-state index contributed by atoms with van der Waals surface area (Å²) >= 11 is 0. The topological polar surface area (TPSA) is 80.4 Å². The van der Waals surface area contributed by atoms with Crippen LogP contribution in [0.4, 0.5) is 0 Å². The van der Waals surface area contributed by atoms with Gasteiger partial charge in [0.25, 0.3) is 5.91 Å². The number of nitrogens with one attached hydrogen (secondary N) is 1. The van der Waals surface area contributed by atoms with Gasteiger partial charge in [-0.3, -0.25) is 9.59 Å². The molecule has 0 aliphatic rings. The minimum Gasteiger partial charge on any atom is -0.459 e.